The molecule has 1 unspecified atom stereocenters. The maximum atomic E-state index is 3.63. The van der Waals surface area contributed by atoms with E-state index >= 15 is 0 Å². The van der Waals surface area contributed by atoms with Gasteiger partial charge in [-0.2, -0.15) is 0 Å². The minimum absolute atomic E-state index is 0.644. The summed E-state index contributed by atoms with van der Waals surface area (Å²) in [7, 11) is 0. The molecule has 0 aliphatic carbocycles. The van der Waals surface area contributed by atoms with E-state index in [4.69, 9.17) is 0 Å². The SMILES string of the molecule is CCNC(CSc1ccccc1)CC(CC)CC. The molecule has 102 valence electrons. The molecule has 0 saturated heterocycles. The largest absolute Gasteiger partial charge is 0.313 e. The maximum absolute atomic E-state index is 3.63. The fourth-order valence-corrected chi connectivity index (χ4v) is 3.23. The van der Waals surface area contributed by atoms with Crippen molar-refractivity contribution in [3.8, 4) is 0 Å². The van der Waals surface area contributed by atoms with Gasteiger partial charge in [0, 0.05) is 16.7 Å². The molecular formula is C16H27NS. The predicted molar refractivity (Wildman–Crippen MR) is 83.3 cm³/mol. The van der Waals surface area contributed by atoms with Gasteiger partial charge < -0.3 is 5.32 Å². The zero-order valence-corrected chi connectivity index (χ0v) is 12.8. The second-order valence-corrected chi connectivity index (χ2v) is 5.89. The highest BCUT2D eigenvalue weighted by Crippen LogP contribution is 2.22. The zero-order chi connectivity index (χ0) is 13.2. The van der Waals surface area contributed by atoms with Crippen molar-refractivity contribution in [3.63, 3.8) is 0 Å². The smallest absolute Gasteiger partial charge is 0.0164 e. The van der Waals surface area contributed by atoms with Crippen molar-refractivity contribution in [2.75, 3.05) is 12.3 Å². The molecule has 1 aromatic carbocycles. The summed E-state index contributed by atoms with van der Waals surface area (Å²) >= 11 is 1.97. The minimum atomic E-state index is 0.644. The van der Waals surface area contributed by atoms with E-state index in [0.717, 1.165) is 12.5 Å². The highest BCUT2D eigenvalue weighted by Gasteiger charge is 2.13. The lowest BCUT2D eigenvalue weighted by molar-refractivity contribution is 0.388. The zero-order valence-electron chi connectivity index (χ0n) is 12.0. The minimum Gasteiger partial charge on any atom is -0.313 e. The Bertz CT molecular complexity index is 295. The Hall–Kier alpha value is -0.470. The third-order valence-electron chi connectivity index (χ3n) is 3.46. The van der Waals surface area contributed by atoms with Gasteiger partial charge in [-0.3, -0.25) is 0 Å². The first-order valence-electron chi connectivity index (χ1n) is 7.21. The third kappa shape index (κ3) is 5.92. The Kier molecular flexibility index (Phi) is 8.19. The molecule has 0 spiro atoms. The van der Waals surface area contributed by atoms with Gasteiger partial charge in [0.2, 0.25) is 0 Å². The van der Waals surface area contributed by atoms with Gasteiger partial charge in [-0.1, -0.05) is 51.8 Å². The van der Waals surface area contributed by atoms with Gasteiger partial charge in [0.25, 0.3) is 0 Å². The number of hydrogen-bond acceptors (Lipinski definition) is 2. The van der Waals surface area contributed by atoms with Crippen LogP contribution in [0.5, 0.6) is 0 Å². The van der Waals surface area contributed by atoms with Crippen LogP contribution in [0.1, 0.15) is 40.0 Å². The Balaban J connectivity index is 2.42. The Morgan fingerprint density at radius 2 is 1.72 bits per heavy atom. The summed E-state index contributed by atoms with van der Waals surface area (Å²) in [5.74, 6) is 2.04. The average Bonchev–Trinajstić information content (AvgIpc) is 2.43. The molecule has 0 amide bonds. The molecule has 1 nitrogen and oxygen atoms in total. The van der Waals surface area contributed by atoms with E-state index in [-0.39, 0.29) is 0 Å². The van der Waals surface area contributed by atoms with Gasteiger partial charge in [0.15, 0.2) is 0 Å². The summed E-state index contributed by atoms with van der Waals surface area (Å²) in [6.07, 6.45) is 3.91. The fourth-order valence-electron chi connectivity index (χ4n) is 2.24. The molecule has 0 fully saturated rings. The summed E-state index contributed by atoms with van der Waals surface area (Å²) in [6.45, 7) is 7.89. The van der Waals surface area contributed by atoms with E-state index in [1.54, 1.807) is 0 Å². The molecule has 0 aliphatic rings. The van der Waals surface area contributed by atoms with Crippen LogP contribution in [-0.2, 0) is 0 Å². The van der Waals surface area contributed by atoms with E-state index < -0.39 is 0 Å². The number of nitrogens with one attached hydrogen (secondary N) is 1. The molecule has 1 atom stereocenters. The lowest BCUT2D eigenvalue weighted by Gasteiger charge is -2.22. The first-order chi connectivity index (χ1) is 8.80. The van der Waals surface area contributed by atoms with Crippen LogP contribution >= 0.6 is 11.8 Å². The van der Waals surface area contributed by atoms with Crippen molar-refractivity contribution in [3.05, 3.63) is 30.3 Å². The highest BCUT2D eigenvalue weighted by molar-refractivity contribution is 7.99. The number of benzene rings is 1. The number of thioether (sulfide) groups is 1. The van der Waals surface area contributed by atoms with Gasteiger partial charge in [0.05, 0.1) is 0 Å². The second kappa shape index (κ2) is 9.46. The van der Waals surface area contributed by atoms with Crippen LogP contribution in [-0.4, -0.2) is 18.3 Å². The van der Waals surface area contributed by atoms with Crippen LogP contribution in [0, 0.1) is 5.92 Å². The molecule has 1 rings (SSSR count). The highest BCUT2D eigenvalue weighted by atomic mass is 32.2. The van der Waals surface area contributed by atoms with Crippen LogP contribution < -0.4 is 5.32 Å². The van der Waals surface area contributed by atoms with Gasteiger partial charge in [0.1, 0.15) is 0 Å². The molecule has 18 heavy (non-hydrogen) atoms. The van der Waals surface area contributed by atoms with E-state index in [1.807, 2.05) is 11.8 Å². The summed E-state index contributed by atoms with van der Waals surface area (Å²) in [4.78, 5) is 1.38. The van der Waals surface area contributed by atoms with Crippen molar-refractivity contribution in [2.45, 2.75) is 51.0 Å². The molecule has 0 heterocycles. The molecule has 0 aliphatic heterocycles. The van der Waals surface area contributed by atoms with Crippen molar-refractivity contribution >= 4 is 11.8 Å². The van der Waals surface area contributed by atoms with Crippen molar-refractivity contribution in [2.24, 2.45) is 5.92 Å². The van der Waals surface area contributed by atoms with E-state index in [0.29, 0.717) is 6.04 Å². The van der Waals surface area contributed by atoms with E-state index in [9.17, 15) is 0 Å². The first kappa shape index (κ1) is 15.6. The average molecular weight is 265 g/mol. The molecular weight excluding hydrogens is 238 g/mol. The number of rotatable bonds is 9. The Morgan fingerprint density at radius 3 is 2.28 bits per heavy atom. The van der Waals surface area contributed by atoms with Gasteiger partial charge in [-0.05, 0) is 31.0 Å². The van der Waals surface area contributed by atoms with Crippen LogP contribution in [0.2, 0.25) is 0 Å². The monoisotopic (exact) mass is 265 g/mol. The fraction of sp³-hybridized carbons (Fsp3) is 0.625. The summed E-state index contributed by atoms with van der Waals surface area (Å²) in [5, 5.41) is 3.63. The van der Waals surface area contributed by atoms with Gasteiger partial charge in [-0.25, -0.2) is 0 Å². The first-order valence-corrected chi connectivity index (χ1v) is 8.19. The summed E-state index contributed by atoms with van der Waals surface area (Å²) in [6, 6.07) is 11.4. The summed E-state index contributed by atoms with van der Waals surface area (Å²) < 4.78 is 0. The normalized spacial score (nSPS) is 12.9. The quantitative estimate of drug-likeness (QED) is 0.656. The van der Waals surface area contributed by atoms with Crippen LogP contribution in [0.15, 0.2) is 35.2 Å². The van der Waals surface area contributed by atoms with Gasteiger partial charge in [-0.15, -0.1) is 11.8 Å². The van der Waals surface area contributed by atoms with Crippen molar-refractivity contribution in [1.82, 2.24) is 5.32 Å². The van der Waals surface area contributed by atoms with Crippen LogP contribution in [0.4, 0.5) is 0 Å². The van der Waals surface area contributed by atoms with Crippen LogP contribution in [0.3, 0.4) is 0 Å². The van der Waals surface area contributed by atoms with E-state index in [2.05, 4.69) is 56.4 Å². The molecule has 1 N–H and O–H groups in total. The predicted octanol–water partition coefficient (Wildman–Crippen LogP) is 4.58. The lowest BCUT2D eigenvalue weighted by Crippen LogP contribution is -2.33. The van der Waals surface area contributed by atoms with Gasteiger partial charge >= 0.3 is 0 Å². The molecule has 1 aromatic rings. The maximum Gasteiger partial charge on any atom is 0.0164 e. The van der Waals surface area contributed by atoms with Crippen molar-refractivity contribution in [1.29, 1.82) is 0 Å². The third-order valence-corrected chi connectivity index (χ3v) is 4.63. The number of hydrogen-bond donors (Lipinski definition) is 1. The molecule has 0 aromatic heterocycles. The molecule has 0 radical (unpaired) electrons. The van der Waals surface area contributed by atoms with Crippen LogP contribution in [0.25, 0.3) is 0 Å². The molecule has 0 saturated carbocycles. The second-order valence-electron chi connectivity index (χ2n) is 4.80. The summed E-state index contributed by atoms with van der Waals surface area (Å²) in [5.41, 5.74) is 0. The van der Waals surface area contributed by atoms with E-state index in [1.165, 1.54) is 29.9 Å². The Morgan fingerprint density at radius 1 is 1.06 bits per heavy atom. The topological polar surface area (TPSA) is 12.0 Å². The lowest BCUT2D eigenvalue weighted by atomic mass is 9.95. The standard InChI is InChI=1S/C16H27NS/c1-4-14(5-2)12-15(17-6-3)13-18-16-10-8-7-9-11-16/h7-11,14-15,17H,4-6,12-13H2,1-3H3. The molecule has 2 heteroatoms. The van der Waals surface area contributed by atoms with Crippen molar-refractivity contribution < 1.29 is 0 Å². The molecule has 0 bridgehead atoms. The Labute approximate surface area is 117 Å².